The van der Waals surface area contributed by atoms with Gasteiger partial charge in [-0.1, -0.05) is 0 Å². The van der Waals surface area contributed by atoms with E-state index < -0.39 is 4.92 Å². The third kappa shape index (κ3) is 2.98. The summed E-state index contributed by atoms with van der Waals surface area (Å²) in [6.45, 7) is 3.47. The maximum absolute atomic E-state index is 10.7. The fraction of sp³-hybridized carbons (Fsp3) is 0.500. The molecule has 0 aliphatic carbocycles. The molecule has 1 saturated heterocycles. The Morgan fingerprint density at radius 2 is 2.47 bits per heavy atom. The summed E-state index contributed by atoms with van der Waals surface area (Å²) in [6.07, 6.45) is 0.978. The molecule has 0 radical (unpaired) electrons. The van der Waals surface area contributed by atoms with Gasteiger partial charge in [-0.3, -0.25) is 10.1 Å². The van der Waals surface area contributed by atoms with E-state index in [1.54, 1.807) is 6.07 Å². The van der Waals surface area contributed by atoms with Crippen molar-refractivity contribution < 1.29 is 9.66 Å². The molecule has 1 aliphatic rings. The zero-order valence-corrected chi connectivity index (χ0v) is 10.5. The fourth-order valence-electron chi connectivity index (χ4n) is 2.06. The quantitative estimate of drug-likeness (QED) is 0.654. The van der Waals surface area contributed by atoms with E-state index in [0.717, 1.165) is 13.0 Å². The van der Waals surface area contributed by atoms with E-state index in [2.05, 4.69) is 10.3 Å². The van der Waals surface area contributed by atoms with Crippen molar-refractivity contribution in [3.05, 3.63) is 27.9 Å². The van der Waals surface area contributed by atoms with E-state index in [0.29, 0.717) is 18.3 Å². The Labute approximate surface area is 110 Å². The standard InChI is InChI=1S/C12H14N4O3/c1-8(9-4-5-19-7-9)14-12-3-2-11(16(17)18)10(6-13)15-12/h2-3,8-9H,4-5,7H2,1H3,(H,14,15). The molecule has 7 heteroatoms. The molecule has 2 rings (SSSR count). The van der Waals surface area contributed by atoms with Crippen molar-refractivity contribution in [3.8, 4) is 6.07 Å². The van der Waals surface area contributed by atoms with Crippen molar-refractivity contribution >= 4 is 11.5 Å². The van der Waals surface area contributed by atoms with Crippen molar-refractivity contribution in [2.24, 2.45) is 5.92 Å². The van der Waals surface area contributed by atoms with Crippen LogP contribution in [0.3, 0.4) is 0 Å². The van der Waals surface area contributed by atoms with Crippen LogP contribution >= 0.6 is 0 Å². The smallest absolute Gasteiger partial charge is 0.305 e. The number of pyridine rings is 1. The van der Waals surface area contributed by atoms with Crippen LogP contribution < -0.4 is 5.32 Å². The van der Waals surface area contributed by atoms with Crippen molar-refractivity contribution in [1.82, 2.24) is 4.98 Å². The van der Waals surface area contributed by atoms with Crippen LogP contribution in [0, 0.1) is 27.4 Å². The second-order valence-corrected chi connectivity index (χ2v) is 4.49. The topological polar surface area (TPSA) is 101 Å². The minimum Gasteiger partial charge on any atom is -0.381 e. The molecule has 0 spiro atoms. The fourth-order valence-corrected chi connectivity index (χ4v) is 2.06. The molecule has 2 heterocycles. The summed E-state index contributed by atoms with van der Waals surface area (Å²) in [5.41, 5.74) is -0.449. The number of nitro groups is 1. The van der Waals surface area contributed by atoms with E-state index in [1.165, 1.54) is 12.1 Å². The lowest BCUT2D eigenvalue weighted by atomic mass is 10.0. The number of hydrogen-bond donors (Lipinski definition) is 1. The normalized spacial score (nSPS) is 19.7. The van der Waals surface area contributed by atoms with Gasteiger partial charge >= 0.3 is 5.69 Å². The summed E-state index contributed by atoms with van der Waals surface area (Å²) in [6, 6.07) is 4.70. The molecule has 2 atom stereocenters. The van der Waals surface area contributed by atoms with Gasteiger partial charge in [0.2, 0.25) is 5.69 Å². The Kier molecular flexibility index (Phi) is 3.92. The highest BCUT2D eigenvalue weighted by atomic mass is 16.6. The average molecular weight is 262 g/mol. The van der Waals surface area contributed by atoms with Gasteiger partial charge in [0.05, 0.1) is 11.5 Å². The molecule has 1 aromatic rings. The van der Waals surface area contributed by atoms with Crippen LogP contribution in [-0.4, -0.2) is 29.2 Å². The summed E-state index contributed by atoms with van der Waals surface area (Å²) in [7, 11) is 0. The minimum atomic E-state index is -0.608. The van der Waals surface area contributed by atoms with Crippen LogP contribution in [-0.2, 0) is 4.74 Å². The Hall–Kier alpha value is -2.20. The molecule has 0 bridgehead atoms. The number of ether oxygens (including phenoxy) is 1. The number of anilines is 1. The molecule has 7 nitrogen and oxygen atoms in total. The number of nitrogens with one attached hydrogen (secondary N) is 1. The molecule has 1 aliphatic heterocycles. The van der Waals surface area contributed by atoms with Gasteiger partial charge in [0.25, 0.3) is 0 Å². The summed E-state index contributed by atoms with van der Waals surface area (Å²) < 4.78 is 5.31. The zero-order valence-electron chi connectivity index (χ0n) is 10.5. The number of hydrogen-bond acceptors (Lipinski definition) is 6. The third-order valence-corrected chi connectivity index (χ3v) is 3.22. The van der Waals surface area contributed by atoms with Gasteiger partial charge in [0.1, 0.15) is 11.9 Å². The first kappa shape index (κ1) is 13.2. The molecule has 1 N–H and O–H groups in total. The summed E-state index contributed by atoms with van der Waals surface area (Å²) >= 11 is 0. The van der Waals surface area contributed by atoms with Crippen LogP contribution in [0.15, 0.2) is 12.1 Å². The van der Waals surface area contributed by atoms with Crippen LogP contribution in [0.1, 0.15) is 19.0 Å². The van der Waals surface area contributed by atoms with Gasteiger partial charge in [-0.15, -0.1) is 0 Å². The summed E-state index contributed by atoms with van der Waals surface area (Å²) in [5, 5.41) is 22.7. The van der Waals surface area contributed by atoms with Crippen LogP contribution in [0.4, 0.5) is 11.5 Å². The van der Waals surface area contributed by atoms with Gasteiger partial charge in [0.15, 0.2) is 0 Å². The first-order valence-electron chi connectivity index (χ1n) is 6.01. The highest BCUT2D eigenvalue weighted by Gasteiger charge is 2.23. The molecule has 2 unspecified atom stereocenters. The van der Waals surface area contributed by atoms with Crippen LogP contribution in [0.25, 0.3) is 0 Å². The van der Waals surface area contributed by atoms with E-state index in [9.17, 15) is 10.1 Å². The highest BCUT2D eigenvalue weighted by molar-refractivity contribution is 5.50. The molecule has 1 aromatic heterocycles. The second kappa shape index (κ2) is 5.63. The van der Waals surface area contributed by atoms with Gasteiger partial charge in [-0.25, -0.2) is 4.98 Å². The molecule has 19 heavy (non-hydrogen) atoms. The molecule has 0 aromatic carbocycles. The number of nitriles is 1. The van der Waals surface area contributed by atoms with E-state index >= 15 is 0 Å². The maximum Gasteiger partial charge on any atom is 0.305 e. The number of aromatic nitrogens is 1. The first-order valence-corrected chi connectivity index (χ1v) is 6.01. The van der Waals surface area contributed by atoms with Crippen LogP contribution in [0.5, 0.6) is 0 Å². The Morgan fingerprint density at radius 3 is 3.05 bits per heavy atom. The Balaban J connectivity index is 2.13. The number of nitrogens with zero attached hydrogens (tertiary/aromatic N) is 3. The lowest BCUT2D eigenvalue weighted by Gasteiger charge is -2.19. The van der Waals surface area contributed by atoms with Crippen molar-refractivity contribution in [2.45, 2.75) is 19.4 Å². The summed E-state index contributed by atoms with van der Waals surface area (Å²) in [4.78, 5) is 14.1. The highest BCUT2D eigenvalue weighted by Crippen LogP contribution is 2.22. The average Bonchev–Trinajstić information content (AvgIpc) is 2.92. The van der Waals surface area contributed by atoms with Crippen molar-refractivity contribution in [2.75, 3.05) is 18.5 Å². The molecular weight excluding hydrogens is 248 g/mol. The molecular formula is C12H14N4O3. The van der Waals surface area contributed by atoms with E-state index in [4.69, 9.17) is 10.00 Å². The Bertz CT molecular complexity index is 520. The maximum atomic E-state index is 10.7. The monoisotopic (exact) mass is 262 g/mol. The van der Waals surface area contributed by atoms with Gasteiger partial charge in [-0.05, 0) is 19.4 Å². The zero-order chi connectivity index (χ0) is 13.8. The molecule has 0 saturated carbocycles. The molecule has 0 amide bonds. The first-order chi connectivity index (χ1) is 9.11. The van der Waals surface area contributed by atoms with Gasteiger partial charge in [-0.2, -0.15) is 5.26 Å². The van der Waals surface area contributed by atoms with Gasteiger partial charge < -0.3 is 10.1 Å². The lowest BCUT2D eigenvalue weighted by molar-refractivity contribution is -0.385. The molecule has 100 valence electrons. The second-order valence-electron chi connectivity index (χ2n) is 4.49. The van der Waals surface area contributed by atoms with E-state index in [-0.39, 0.29) is 17.4 Å². The SMILES string of the molecule is CC(Nc1ccc([N+](=O)[O-])c(C#N)n1)C1CCOC1. The van der Waals surface area contributed by atoms with E-state index in [1.807, 2.05) is 6.92 Å². The summed E-state index contributed by atoms with van der Waals surface area (Å²) in [5.74, 6) is 0.865. The predicted molar refractivity (Wildman–Crippen MR) is 67.6 cm³/mol. The Morgan fingerprint density at radius 1 is 1.68 bits per heavy atom. The number of rotatable bonds is 4. The predicted octanol–water partition coefficient (Wildman–Crippen LogP) is 1.70. The van der Waals surface area contributed by atoms with Crippen molar-refractivity contribution in [1.29, 1.82) is 5.26 Å². The lowest BCUT2D eigenvalue weighted by Crippen LogP contribution is -2.26. The van der Waals surface area contributed by atoms with Crippen LogP contribution in [0.2, 0.25) is 0 Å². The van der Waals surface area contributed by atoms with Crippen molar-refractivity contribution in [3.63, 3.8) is 0 Å². The van der Waals surface area contributed by atoms with Gasteiger partial charge in [0, 0.05) is 24.6 Å². The third-order valence-electron chi connectivity index (χ3n) is 3.22. The minimum absolute atomic E-state index is 0.142. The largest absolute Gasteiger partial charge is 0.381 e. The molecule has 1 fully saturated rings.